The predicted octanol–water partition coefficient (Wildman–Crippen LogP) is 1.96. The zero-order valence-corrected chi connectivity index (χ0v) is 10.8. The number of aliphatic hydroxyl groups is 1. The van der Waals surface area contributed by atoms with Gasteiger partial charge in [0.05, 0.1) is 22.9 Å². The SMILES string of the molecule is Nc1ccc(C(=O)N[C@H]2CCCC[C@@H]2O)cc1Cl. The van der Waals surface area contributed by atoms with Crippen LogP contribution in [0.5, 0.6) is 0 Å². The lowest BCUT2D eigenvalue weighted by molar-refractivity contribution is 0.0717. The van der Waals surface area contributed by atoms with E-state index in [1.54, 1.807) is 18.2 Å². The maximum atomic E-state index is 12.0. The first-order valence-electron chi connectivity index (χ1n) is 6.12. The first-order valence-corrected chi connectivity index (χ1v) is 6.49. The Kier molecular flexibility index (Phi) is 4.09. The first kappa shape index (κ1) is 13.2. The summed E-state index contributed by atoms with van der Waals surface area (Å²) in [4.78, 5) is 12.0. The highest BCUT2D eigenvalue weighted by atomic mass is 35.5. The van der Waals surface area contributed by atoms with Crippen molar-refractivity contribution in [3.05, 3.63) is 28.8 Å². The Bertz CT molecular complexity index is 451. The van der Waals surface area contributed by atoms with Crippen LogP contribution in [0.25, 0.3) is 0 Å². The lowest BCUT2D eigenvalue weighted by Gasteiger charge is -2.28. The molecule has 1 saturated carbocycles. The van der Waals surface area contributed by atoms with Crippen LogP contribution in [0.2, 0.25) is 5.02 Å². The lowest BCUT2D eigenvalue weighted by Crippen LogP contribution is -2.45. The molecule has 18 heavy (non-hydrogen) atoms. The second-order valence-electron chi connectivity index (χ2n) is 4.67. The summed E-state index contributed by atoms with van der Waals surface area (Å²) in [5, 5.41) is 13.0. The van der Waals surface area contributed by atoms with Gasteiger partial charge < -0.3 is 16.2 Å². The van der Waals surface area contributed by atoms with Crippen LogP contribution >= 0.6 is 11.6 Å². The Morgan fingerprint density at radius 1 is 1.39 bits per heavy atom. The van der Waals surface area contributed by atoms with Crippen molar-refractivity contribution in [1.82, 2.24) is 5.32 Å². The number of nitrogens with two attached hydrogens (primary N) is 1. The number of carbonyl (C=O) groups is 1. The fourth-order valence-electron chi connectivity index (χ4n) is 2.20. The number of benzene rings is 1. The number of aliphatic hydroxyl groups excluding tert-OH is 1. The van der Waals surface area contributed by atoms with Crippen LogP contribution in [-0.2, 0) is 0 Å². The van der Waals surface area contributed by atoms with Gasteiger partial charge in [0.2, 0.25) is 0 Å². The quantitative estimate of drug-likeness (QED) is 0.718. The normalized spacial score (nSPS) is 23.7. The summed E-state index contributed by atoms with van der Waals surface area (Å²) >= 11 is 5.87. The molecule has 2 rings (SSSR count). The molecule has 4 nitrogen and oxygen atoms in total. The highest BCUT2D eigenvalue weighted by molar-refractivity contribution is 6.33. The van der Waals surface area contributed by atoms with E-state index in [9.17, 15) is 9.90 Å². The molecule has 0 heterocycles. The molecule has 0 aromatic heterocycles. The van der Waals surface area contributed by atoms with E-state index in [-0.39, 0.29) is 11.9 Å². The van der Waals surface area contributed by atoms with Crippen LogP contribution < -0.4 is 11.1 Å². The molecule has 1 amide bonds. The molecule has 1 aliphatic carbocycles. The molecule has 1 aromatic carbocycles. The minimum Gasteiger partial charge on any atom is -0.398 e. The lowest BCUT2D eigenvalue weighted by atomic mass is 9.92. The Morgan fingerprint density at radius 2 is 2.11 bits per heavy atom. The van der Waals surface area contributed by atoms with E-state index < -0.39 is 6.10 Å². The number of anilines is 1. The summed E-state index contributed by atoms with van der Waals surface area (Å²) in [6.45, 7) is 0. The van der Waals surface area contributed by atoms with E-state index >= 15 is 0 Å². The van der Waals surface area contributed by atoms with Gasteiger partial charge in [-0.05, 0) is 31.0 Å². The van der Waals surface area contributed by atoms with Gasteiger partial charge in [0.15, 0.2) is 0 Å². The predicted molar refractivity (Wildman–Crippen MR) is 71.6 cm³/mol. The van der Waals surface area contributed by atoms with Crippen molar-refractivity contribution in [2.24, 2.45) is 0 Å². The van der Waals surface area contributed by atoms with Crippen molar-refractivity contribution in [2.45, 2.75) is 37.8 Å². The fraction of sp³-hybridized carbons (Fsp3) is 0.462. The molecule has 0 aliphatic heterocycles. The topological polar surface area (TPSA) is 75.4 Å². The third kappa shape index (κ3) is 2.94. The molecule has 5 heteroatoms. The van der Waals surface area contributed by atoms with Gasteiger partial charge in [-0.25, -0.2) is 0 Å². The van der Waals surface area contributed by atoms with Gasteiger partial charge in [-0.2, -0.15) is 0 Å². The van der Waals surface area contributed by atoms with E-state index in [1.165, 1.54) is 0 Å². The second-order valence-corrected chi connectivity index (χ2v) is 5.08. The number of halogens is 1. The molecular weight excluding hydrogens is 252 g/mol. The van der Waals surface area contributed by atoms with Crippen LogP contribution in [-0.4, -0.2) is 23.2 Å². The Balaban J connectivity index is 2.04. The maximum absolute atomic E-state index is 12.0. The van der Waals surface area contributed by atoms with Crippen LogP contribution in [0.4, 0.5) is 5.69 Å². The summed E-state index contributed by atoms with van der Waals surface area (Å²) < 4.78 is 0. The summed E-state index contributed by atoms with van der Waals surface area (Å²) in [6.07, 6.45) is 3.15. The average molecular weight is 269 g/mol. The molecule has 1 fully saturated rings. The zero-order chi connectivity index (χ0) is 13.1. The average Bonchev–Trinajstić information content (AvgIpc) is 2.35. The number of hydrogen-bond donors (Lipinski definition) is 3. The maximum Gasteiger partial charge on any atom is 0.251 e. The van der Waals surface area contributed by atoms with Gasteiger partial charge in [0, 0.05) is 5.56 Å². The van der Waals surface area contributed by atoms with Gasteiger partial charge in [0.1, 0.15) is 0 Å². The molecule has 0 spiro atoms. The summed E-state index contributed by atoms with van der Waals surface area (Å²) in [7, 11) is 0. The van der Waals surface area contributed by atoms with E-state index in [4.69, 9.17) is 17.3 Å². The van der Waals surface area contributed by atoms with E-state index in [0.717, 1.165) is 25.7 Å². The summed E-state index contributed by atoms with van der Waals surface area (Å²) in [6, 6.07) is 4.62. The molecule has 98 valence electrons. The van der Waals surface area contributed by atoms with Crippen molar-refractivity contribution >= 4 is 23.2 Å². The number of carbonyl (C=O) groups excluding carboxylic acids is 1. The standard InChI is InChI=1S/C13H17ClN2O2/c14-9-7-8(5-6-10(9)15)13(18)16-11-3-1-2-4-12(11)17/h5-7,11-12,17H,1-4,15H2,(H,16,18)/t11-,12-/m0/s1. The highest BCUT2D eigenvalue weighted by Gasteiger charge is 2.24. The molecule has 1 aromatic rings. The molecule has 1 aliphatic rings. The first-order chi connectivity index (χ1) is 8.58. The molecule has 0 radical (unpaired) electrons. The Morgan fingerprint density at radius 3 is 2.78 bits per heavy atom. The zero-order valence-electron chi connectivity index (χ0n) is 10.0. The van der Waals surface area contributed by atoms with Crippen molar-refractivity contribution in [3.63, 3.8) is 0 Å². The van der Waals surface area contributed by atoms with Crippen molar-refractivity contribution in [3.8, 4) is 0 Å². The molecule has 2 atom stereocenters. The van der Waals surface area contributed by atoms with Crippen LogP contribution in [0.1, 0.15) is 36.0 Å². The molecule has 0 saturated heterocycles. The minimum atomic E-state index is -0.452. The van der Waals surface area contributed by atoms with Gasteiger partial charge >= 0.3 is 0 Å². The number of amides is 1. The third-order valence-electron chi connectivity index (χ3n) is 3.31. The van der Waals surface area contributed by atoms with E-state index in [2.05, 4.69) is 5.32 Å². The van der Waals surface area contributed by atoms with E-state index in [0.29, 0.717) is 16.3 Å². The molecule has 0 bridgehead atoms. The number of rotatable bonds is 2. The van der Waals surface area contributed by atoms with E-state index in [1.807, 2.05) is 0 Å². The largest absolute Gasteiger partial charge is 0.398 e. The number of nitrogen functional groups attached to an aromatic ring is 1. The number of hydrogen-bond acceptors (Lipinski definition) is 3. The second kappa shape index (κ2) is 5.59. The number of nitrogens with one attached hydrogen (secondary N) is 1. The highest BCUT2D eigenvalue weighted by Crippen LogP contribution is 2.21. The smallest absolute Gasteiger partial charge is 0.251 e. The molecule has 4 N–H and O–H groups in total. The van der Waals surface area contributed by atoms with Gasteiger partial charge in [-0.1, -0.05) is 24.4 Å². The van der Waals surface area contributed by atoms with Crippen LogP contribution in [0.3, 0.4) is 0 Å². The van der Waals surface area contributed by atoms with Crippen molar-refractivity contribution in [2.75, 3.05) is 5.73 Å². The van der Waals surface area contributed by atoms with Crippen LogP contribution in [0.15, 0.2) is 18.2 Å². The summed E-state index contributed by atoms with van der Waals surface area (Å²) in [5.41, 5.74) is 6.51. The molecular formula is C13H17ClN2O2. The minimum absolute atomic E-state index is 0.164. The van der Waals surface area contributed by atoms with Gasteiger partial charge in [-0.15, -0.1) is 0 Å². The Hall–Kier alpha value is -1.26. The Labute approximate surface area is 111 Å². The van der Waals surface area contributed by atoms with Crippen molar-refractivity contribution < 1.29 is 9.90 Å². The van der Waals surface area contributed by atoms with Crippen molar-refractivity contribution in [1.29, 1.82) is 0 Å². The van der Waals surface area contributed by atoms with Crippen LogP contribution in [0, 0.1) is 0 Å². The summed E-state index contributed by atoms with van der Waals surface area (Å²) in [5.74, 6) is -0.220. The van der Waals surface area contributed by atoms with Gasteiger partial charge in [-0.3, -0.25) is 4.79 Å². The third-order valence-corrected chi connectivity index (χ3v) is 3.64. The van der Waals surface area contributed by atoms with Gasteiger partial charge in [0.25, 0.3) is 5.91 Å². The monoisotopic (exact) mass is 268 g/mol. The molecule has 0 unspecified atom stereocenters. The fourth-order valence-corrected chi connectivity index (χ4v) is 2.38.